The molecule has 2 nitrogen and oxygen atoms in total. The molecule has 0 amide bonds. The highest BCUT2D eigenvalue weighted by molar-refractivity contribution is 6.13. The Morgan fingerprint density at radius 1 is 0.290 bits per heavy atom. The lowest BCUT2D eigenvalue weighted by Crippen LogP contribution is -2.33. The molecule has 2 aliphatic rings. The SMILES string of the molecule is c1ccc(-c2cccc(-c3ccccc3N(c3cccc(-c4ccccc4)c3)c3cccc(-c4ccc5c(c4)C4(c6ccccc6-5)c5ccccc5-n5c6ccccc6c6cccc4c65)c3)c2)cc1. The van der Waals surface area contributed by atoms with Crippen molar-refractivity contribution in [3.05, 3.63) is 289 Å². The number of nitrogens with zero attached hydrogens (tertiary/aromatic N) is 2. The summed E-state index contributed by atoms with van der Waals surface area (Å²) in [6.45, 7) is 0. The number of para-hydroxylation sites is 4. The van der Waals surface area contributed by atoms with Crippen molar-refractivity contribution >= 4 is 38.9 Å². The molecular weight excluding hydrogens is 833 g/mol. The van der Waals surface area contributed by atoms with Gasteiger partial charge in [-0.2, -0.15) is 0 Å². The second-order valence-corrected chi connectivity index (χ2v) is 18.4. The van der Waals surface area contributed by atoms with E-state index in [0.717, 1.165) is 33.8 Å². The molecule has 69 heavy (non-hydrogen) atoms. The molecule has 0 N–H and O–H groups in total. The number of hydrogen-bond acceptors (Lipinski definition) is 1. The molecule has 14 rings (SSSR count). The van der Waals surface area contributed by atoms with E-state index in [9.17, 15) is 0 Å². The van der Waals surface area contributed by atoms with Crippen LogP contribution in [0.2, 0.25) is 0 Å². The highest BCUT2D eigenvalue weighted by Crippen LogP contribution is 2.61. The molecule has 0 bridgehead atoms. The first kappa shape index (κ1) is 39.2. The van der Waals surface area contributed by atoms with Crippen molar-refractivity contribution in [3.63, 3.8) is 0 Å². The first-order chi connectivity index (χ1) is 34.2. The normalized spacial score (nSPS) is 14.1. The van der Waals surface area contributed by atoms with E-state index in [0.29, 0.717) is 0 Å². The minimum absolute atomic E-state index is 0.531. The van der Waals surface area contributed by atoms with Crippen LogP contribution in [-0.2, 0) is 5.41 Å². The Morgan fingerprint density at radius 2 is 0.797 bits per heavy atom. The summed E-state index contributed by atoms with van der Waals surface area (Å²) in [6.07, 6.45) is 0. The molecule has 1 unspecified atom stereocenters. The number of rotatable bonds is 7. The predicted molar refractivity (Wildman–Crippen MR) is 288 cm³/mol. The number of fused-ring (bicyclic) bond motifs is 12. The van der Waals surface area contributed by atoms with Gasteiger partial charge in [0.05, 0.1) is 27.8 Å². The smallest absolute Gasteiger partial charge is 0.0754 e. The lowest BCUT2D eigenvalue weighted by Gasteiger charge is -2.39. The summed E-state index contributed by atoms with van der Waals surface area (Å²) in [5.41, 5.74) is 23.8. The molecule has 1 spiro atoms. The molecule has 12 aromatic rings. The average molecular weight is 877 g/mol. The van der Waals surface area contributed by atoms with Gasteiger partial charge in [-0.25, -0.2) is 0 Å². The lowest BCUT2D eigenvalue weighted by atomic mass is 9.65. The first-order valence-corrected chi connectivity index (χ1v) is 23.9. The molecule has 1 aliphatic heterocycles. The van der Waals surface area contributed by atoms with Crippen LogP contribution in [-0.4, -0.2) is 4.57 Å². The summed E-state index contributed by atoms with van der Waals surface area (Å²) in [4.78, 5) is 2.45. The number of anilines is 3. The Morgan fingerprint density at radius 3 is 1.57 bits per heavy atom. The minimum atomic E-state index is -0.531. The molecule has 1 atom stereocenters. The summed E-state index contributed by atoms with van der Waals surface area (Å²) in [5.74, 6) is 0. The van der Waals surface area contributed by atoms with Gasteiger partial charge in [0.2, 0.25) is 0 Å². The van der Waals surface area contributed by atoms with Gasteiger partial charge >= 0.3 is 0 Å². The summed E-state index contributed by atoms with van der Waals surface area (Å²) in [7, 11) is 0. The largest absolute Gasteiger partial charge is 0.310 e. The molecule has 0 saturated heterocycles. The maximum atomic E-state index is 2.52. The van der Waals surface area contributed by atoms with Gasteiger partial charge in [0.25, 0.3) is 0 Å². The third kappa shape index (κ3) is 5.92. The summed E-state index contributed by atoms with van der Waals surface area (Å²) in [5, 5.41) is 2.57. The molecule has 322 valence electrons. The zero-order valence-electron chi connectivity index (χ0n) is 37.8. The Kier molecular flexibility index (Phi) is 8.84. The van der Waals surface area contributed by atoms with Crippen molar-refractivity contribution in [1.29, 1.82) is 0 Å². The zero-order valence-corrected chi connectivity index (χ0v) is 37.8. The quantitative estimate of drug-likeness (QED) is 0.155. The Bertz CT molecular complexity index is 3970. The zero-order chi connectivity index (χ0) is 45.5. The summed E-state index contributed by atoms with van der Waals surface area (Å²) in [6, 6.07) is 98.6. The molecule has 1 aliphatic carbocycles. The first-order valence-electron chi connectivity index (χ1n) is 23.9. The van der Waals surface area contributed by atoms with Crippen LogP contribution in [0.25, 0.3) is 83.1 Å². The maximum Gasteiger partial charge on any atom is 0.0754 e. The van der Waals surface area contributed by atoms with E-state index in [1.807, 2.05) is 0 Å². The second kappa shape index (κ2) is 15.6. The fourth-order valence-corrected chi connectivity index (χ4v) is 11.9. The summed E-state index contributed by atoms with van der Waals surface area (Å²) >= 11 is 0. The van der Waals surface area contributed by atoms with E-state index >= 15 is 0 Å². The van der Waals surface area contributed by atoms with Crippen LogP contribution in [0, 0.1) is 0 Å². The number of benzene rings is 11. The molecule has 1 aromatic heterocycles. The van der Waals surface area contributed by atoms with Crippen molar-refractivity contribution in [1.82, 2.24) is 4.57 Å². The van der Waals surface area contributed by atoms with Crippen molar-refractivity contribution in [2.24, 2.45) is 0 Å². The molecule has 0 radical (unpaired) electrons. The molecule has 2 heteroatoms. The van der Waals surface area contributed by atoms with E-state index < -0.39 is 5.41 Å². The molecule has 2 heterocycles. The van der Waals surface area contributed by atoms with Gasteiger partial charge in [0.15, 0.2) is 0 Å². The van der Waals surface area contributed by atoms with Crippen LogP contribution in [0.1, 0.15) is 22.3 Å². The minimum Gasteiger partial charge on any atom is -0.310 e. The van der Waals surface area contributed by atoms with Crippen molar-refractivity contribution < 1.29 is 0 Å². The van der Waals surface area contributed by atoms with E-state index in [1.54, 1.807) is 0 Å². The van der Waals surface area contributed by atoms with Crippen LogP contribution in [0.5, 0.6) is 0 Å². The monoisotopic (exact) mass is 876 g/mol. The predicted octanol–water partition coefficient (Wildman–Crippen LogP) is 17.6. The van der Waals surface area contributed by atoms with Gasteiger partial charge in [-0.3, -0.25) is 0 Å². The van der Waals surface area contributed by atoms with Gasteiger partial charge in [-0.1, -0.05) is 212 Å². The summed E-state index contributed by atoms with van der Waals surface area (Å²) < 4.78 is 2.52. The maximum absolute atomic E-state index is 2.52. The van der Waals surface area contributed by atoms with E-state index in [1.165, 1.54) is 88.7 Å². The number of aromatic nitrogens is 1. The molecule has 0 fully saturated rings. The lowest BCUT2D eigenvalue weighted by molar-refractivity contribution is 0.749. The van der Waals surface area contributed by atoms with Crippen LogP contribution in [0.15, 0.2) is 267 Å². The highest BCUT2D eigenvalue weighted by atomic mass is 15.1. The van der Waals surface area contributed by atoms with Gasteiger partial charge in [0, 0.05) is 27.7 Å². The fourth-order valence-electron chi connectivity index (χ4n) is 11.9. The van der Waals surface area contributed by atoms with E-state index in [-0.39, 0.29) is 0 Å². The van der Waals surface area contributed by atoms with Crippen molar-refractivity contribution in [2.75, 3.05) is 4.90 Å². The standard InChI is InChI=1S/C67H44N2/c1-3-19-45(20-4-1)47-23-15-26-51(41-47)54-29-8-12-36-63(54)68(52-27-16-24-48(42-52)46-21-5-2-6-22-46)53-28-17-25-49(43-53)50-39-40-56-55-30-7-10-33-59(55)67(62(56)44-50)60-34-11-14-38-65(60)69-64-37-13-9-31-57(64)58-32-18-35-61(67)66(58)69/h1-44H. The van der Waals surface area contributed by atoms with Crippen LogP contribution >= 0.6 is 0 Å². The Labute approximate surface area is 402 Å². The second-order valence-electron chi connectivity index (χ2n) is 18.4. The van der Waals surface area contributed by atoms with Crippen molar-refractivity contribution in [3.8, 4) is 61.3 Å². The van der Waals surface area contributed by atoms with E-state index in [4.69, 9.17) is 0 Å². The molecule has 11 aromatic carbocycles. The highest BCUT2D eigenvalue weighted by Gasteiger charge is 2.50. The third-order valence-corrected chi connectivity index (χ3v) is 14.8. The van der Waals surface area contributed by atoms with Crippen molar-refractivity contribution in [2.45, 2.75) is 5.41 Å². The molecule has 0 saturated carbocycles. The molecular formula is C67H44N2. The van der Waals surface area contributed by atoms with Gasteiger partial charge in [0.1, 0.15) is 0 Å². The number of hydrogen-bond donors (Lipinski definition) is 0. The average Bonchev–Trinajstić information content (AvgIpc) is 3.92. The fraction of sp³-hybridized carbons (Fsp3) is 0.0149. The van der Waals surface area contributed by atoms with Gasteiger partial charge in [-0.05, 0) is 127 Å². The Balaban J connectivity index is 0.973. The van der Waals surface area contributed by atoms with Gasteiger partial charge < -0.3 is 9.47 Å². The Hall–Kier alpha value is -8.98. The third-order valence-electron chi connectivity index (χ3n) is 14.8. The topological polar surface area (TPSA) is 8.17 Å². The van der Waals surface area contributed by atoms with Crippen LogP contribution in [0.3, 0.4) is 0 Å². The van der Waals surface area contributed by atoms with E-state index in [2.05, 4.69) is 276 Å². The van der Waals surface area contributed by atoms with Crippen LogP contribution < -0.4 is 4.90 Å². The van der Waals surface area contributed by atoms with Gasteiger partial charge in [-0.15, -0.1) is 0 Å². The van der Waals surface area contributed by atoms with Crippen LogP contribution in [0.4, 0.5) is 17.1 Å².